The Bertz CT molecular complexity index is 1060. The van der Waals surface area contributed by atoms with Gasteiger partial charge in [-0.15, -0.1) is 0 Å². The van der Waals surface area contributed by atoms with E-state index in [1.807, 2.05) is 6.08 Å². The topological polar surface area (TPSA) is 12.4 Å². The summed E-state index contributed by atoms with van der Waals surface area (Å²) in [5.74, 6) is 5.79. The second-order valence-electron chi connectivity index (χ2n) is 7.62. The lowest BCUT2D eigenvalue weighted by molar-refractivity contribution is 0.578. The molecule has 0 heterocycles. The average molecular weight is 391 g/mol. The quantitative estimate of drug-likeness (QED) is 0.341. The highest BCUT2D eigenvalue weighted by molar-refractivity contribution is 7.78. The van der Waals surface area contributed by atoms with Crippen molar-refractivity contribution in [3.63, 3.8) is 0 Å². The van der Waals surface area contributed by atoms with E-state index in [0.717, 1.165) is 54.4 Å². The Morgan fingerprint density at radius 1 is 1.11 bits per heavy atom. The summed E-state index contributed by atoms with van der Waals surface area (Å²) < 4.78 is 28.2. The number of rotatable bonds is 3. The van der Waals surface area contributed by atoms with Gasteiger partial charge in [-0.1, -0.05) is 37.0 Å². The molecule has 28 heavy (non-hydrogen) atoms. The van der Waals surface area contributed by atoms with Crippen LogP contribution >= 0.6 is 12.2 Å². The second kappa shape index (κ2) is 7.80. The SMILES string of the molecule is CC1CC1Cc1ccc2c(c1)CCC(C#Cc1c(F)cc(N=C=S)cc1F)=C2. The number of thiocarbonyl (C=S) groups is 1. The van der Waals surface area contributed by atoms with Crippen LogP contribution in [-0.2, 0) is 12.8 Å². The van der Waals surface area contributed by atoms with Gasteiger partial charge in [-0.2, -0.15) is 4.99 Å². The van der Waals surface area contributed by atoms with Crippen molar-refractivity contribution in [2.75, 3.05) is 0 Å². The number of halogens is 2. The van der Waals surface area contributed by atoms with Gasteiger partial charge in [-0.05, 0) is 72.5 Å². The fourth-order valence-corrected chi connectivity index (χ4v) is 3.80. The third kappa shape index (κ3) is 4.12. The first-order chi connectivity index (χ1) is 13.5. The minimum absolute atomic E-state index is 0.0951. The van der Waals surface area contributed by atoms with E-state index < -0.39 is 11.6 Å². The fraction of sp³-hybridized carbons (Fsp3) is 0.292. The van der Waals surface area contributed by atoms with E-state index in [0.29, 0.717) is 0 Å². The molecule has 0 saturated heterocycles. The van der Waals surface area contributed by atoms with Gasteiger partial charge >= 0.3 is 0 Å². The Morgan fingerprint density at radius 3 is 2.54 bits per heavy atom. The zero-order valence-electron chi connectivity index (χ0n) is 15.6. The highest BCUT2D eigenvalue weighted by Gasteiger charge is 2.32. The molecule has 0 spiro atoms. The van der Waals surface area contributed by atoms with E-state index in [2.05, 4.69) is 59.3 Å². The predicted octanol–water partition coefficient (Wildman–Crippen LogP) is 6.28. The molecule has 2 unspecified atom stereocenters. The Hall–Kier alpha value is -2.60. The van der Waals surface area contributed by atoms with Crippen LogP contribution in [0, 0.1) is 35.3 Å². The molecule has 140 valence electrons. The number of fused-ring (bicyclic) bond motifs is 1. The molecule has 4 rings (SSSR count). The molecule has 2 atom stereocenters. The number of isothiocyanates is 1. The van der Waals surface area contributed by atoms with Crippen molar-refractivity contribution in [2.24, 2.45) is 16.8 Å². The number of allylic oxidation sites excluding steroid dienone is 1. The van der Waals surface area contributed by atoms with Crippen LogP contribution in [0.2, 0.25) is 0 Å². The van der Waals surface area contributed by atoms with Crippen LogP contribution in [0.3, 0.4) is 0 Å². The molecule has 0 N–H and O–H groups in total. The highest BCUT2D eigenvalue weighted by atomic mass is 32.1. The molecule has 1 saturated carbocycles. The molecule has 0 aromatic heterocycles. The summed E-state index contributed by atoms with van der Waals surface area (Å²) in [5.41, 5.74) is 4.61. The normalized spacial score (nSPS) is 19.6. The fourth-order valence-electron chi connectivity index (χ4n) is 3.70. The summed E-state index contributed by atoms with van der Waals surface area (Å²) in [6, 6.07) is 8.84. The number of hydrogen-bond acceptors (Lipinski definition) is 2. The minimum atomic E-state index is -0.743. The number of aliphatic imine (C=N–C) groups is 1. The smallest absolute Gasteiger partial charge is 0.143 e. The molecular formula is C24H19F2NS. The van der Waals surface area contributed by atoms with Gasteiger partial charge < -0.3 is 0 Å². The first-order valence-electron chi connectivity index (χ1n) is 9.45. The molecule has 0 radical (unpaired) electrons. The van der Waals surface area contributed by atoms with E-state index in [-0.39, 0.29) is 11.3 Å². The number of aryl methyl sites for hydroxylation is 1. The maximum Gasteiger partial charge on any atom is 0.143 e. The highest BCUT2D eigenvalue weighted by Crippen LogP contribution is 2.40. The summed E-state index contributed by atoms with van der Waals surface area (Å²) in [7, 11) is 0. The predicted molar refractivity (Wildman–Crippen MR) is 112 cm³/mol. The van der Waals surface area contributed by atoms with Crippen LogP contribution in [0.5, 0.6) is 0 Å². The Kier molecular flexibility index (Phi) is 5.22. The van der Waals surface area contributed by atoms with Gasteiger partial charge in [0.25, 0.3) is 0 Å². The summed E-state index contributed by atoms with van der Waals surface area (Å²) in [4.78, 5) is 3.60. The Balaban J connectivity index is 1.55. The van der Waals surface area contributed by atoms with Crippen molar-refractivity contribution in [1.82, 2.24) is 0 Å². The van der Waals surface area contributed by atoms with Crippen LogP contribution in [0.1, 0.15) is 42.0 Å². The van der Waals surface area contributed by atoms with Gasteiger partial charge in [0.1, 0.15) is 11.6 Å². The Morgan fingerprint density at radius 2 is 1.86 bits per heavy atom. The van der Waals surface area contributed by atoms with E-state index in [1.165, 1.54) is 17.5 Å². The third-order valence-corrected chi connectivity index (χ3v) is 5.62. The molecule has 0 bridgehead atoms. The summed E-state index contributed by atoms with van der Waals surface area (Å²) in [5, 5.41) is 2.10. The van der Waals surface area contributed by atoms with Crippen molar-refractivity contribution >= 4 is 29.1 Å². The van der Waals surface area contributed by atoms with E-state index in [1.54, 1.807) is 0 Å². The lowest BCUT2D eigenvalue weighted by Gasteiger charge is -2.15. The van der Waals surface area contributed by atoms with Crippen LogP contribution in [0.25, 0.3) is 6.08 Å². The van der Waals surface area contributed by atoms with Gasteiger partial charge in [-0.3, -0.25) is 0 Å². The van der Waals surface area contributed by atoms with E-state index >= 15 is 0 Å². The van der Waals surface area contributed by atoms with E-state index in [4.69, 9.17) is 0 Å². The molecule has 2 aromatic carbocycles. The molecule has 4 heteroatoms. The average Bonchev–Trinajstić information content (AvgIpc) is 3.35. The van der Waals surface area contributed by atoms with Gasteiger partial charge in [0.15, 0.2) is 0 Å². The lowest BCUT2D eigenvalue weighted by atomic mass is 9.90. The van der Waals surface area contributed by atoms with Gasteiger partial charge in [0.2, 0.25) is 0 Å². The van der Waals surface area contributed by atoms with Gasteiger partial charge in [0.05, 0.1) is 16.4 Å². The largest absolute Gasteiger partial charge is 0.205 e. The summed E-state index contributed by atoms with van der Waals surface area (Å²) in [6.07, 6.45) is 6.20. The number of benzene rings is 2. The molecule has 0 aliphatic heterocycles. The second-order valence-corrected chi connectivity index (χ2v) is 7.80. The maximum absolute atomic E-state index is 14.1. The standard InChI is InChI=1S/C24H19F2NS/c1-15-8-20(15)11-17-3-6-18-9-16(2-5-19(18)10-17)4-7-22-23(25)12-21(27-14-28)13-24(22)26/h3,6,9-10,12-13,15,20H,2,5,8,11H2,1H3. The zero-order chi connectivity index (χ0) is 19.7. The number of nitrogens with zero attached hydrogens (tertiary/aromatic N) is 1. The molecular weight excluding hydrogens is 372 g/mol. The lowest BCUT2D eigenvalue weighted by Crippen LogP contribution is -2.00. The van der Waals surface area contributed by atoms with Crippen molar-refractivity contribution in [2.45, 2.75) is 32.6 Å². The molecule has 2 aromatic rings. The molecule has 1 fully saturated rings. The molecule has 2 aliphatic carbocycles. The monoisotopic (exact) mass is 391 g/mol. The molecule has 2 aliphatic rings. The first kappa shape index (κ1) is 18.7. The van der Waals surface area contributed by atoms with Crippen LogP contribution in [0.15, 0.2) is 40.9 Å². The molecule has 1 nitrogen and oxygen atoms in total. The van der Waals surface area contributed by atoms with Gasteiger partial charge in [-0.25, -0.2) is 8.78 Å². The Labute approximate surface area is 169 Å². The molecule has 0 amide bonds. The zero-order valence-corrected chi connectivity index (χ0v) is 16.4. The van der Waals surface area contributed by atoms with Crippen molar-refractivity contribution in [3.05, 3.63) is 69.8 Å². The summed E-state index contributed by atoms with van der Waals surface area (Å²) in [6.45, 7) is 2.31. The third-order valence-electron chi connectivity index (χ3n) is 5.52. The van der Waals surface area contributed by atoms with Gasteiger partial charge in [0, 0.05) is 17.7 Å². The maximum atomic E-state index is 14.1. The summed E-state index contributed by atoms with van der Waals surface area (Å²) >= 11 is 4.46. The van der Waals surface area contributed by atoms with Crippen LogP contribution in [-0.4, -0.2) is 5.16 Å². The van der Waals surface area contributed by atoms with Crippen molar-refractivity contribution in [3.8, 4) is 11.8 Å². The van der Waals surface area contributed by atoms with E-state index in [9.17, 15) is 8.78 Å². The first-order valence-corrected chi connectivity index (χ1v) is 9.85. The van der Waals surface area contributed by atoms with Crippen molar-refractivity contribution < 1.29 is 8.78 Å². The number of hydrogen-bond donors (Lipinski definition) is 0. The minimum Gasteiger partial charge on any atom is -0.205 e. The van der Waals surface area contributed by atoms with Crippen LogP contribution in [0.4, 0.5) is 14.5 Å². The van der Waals surface area contributed by atoms with Crippen LogP contribution < -0.4 is 0 Å². The van der Waals surface area contributed by atoms with Crippen molar-refractivity contribution in [1.29, 1.82) is 0 Å².